The van der Waals surface area contributed by atoms with Crippen LogP contribution >= 0.6 is 23.6 Å². The predicted octanol–water partition coefficient (Wildman–Crippen LogP) is 4.70. The Morgan fingerprint density at radius 3 is 2.70 bits per heavy atom. The molecule has 2 heterocycles. The highest BCUT2D eigenvalue weighted by Gasteiger charge is 2.30. The Kier molecular flexibility index (Phi) is 4.39. The molecule has 2 aromatic heterocycles. The summed E-state index contributed by atoms with van der Waals surface area (Å²) in [4.78, 5) is 3.67. The molecule has 0 amide bonds. The maximum Gasteiger partial charge on any atom is 0.199 e. The molecule has 0 radical (unpaired) electrons. The summed E-state index contributed by atoms with van der Waals surface area (Å²) in [6.07, 6.45) is 9.20. The van der Waals surface area contributed by atoms with Crippen LogP contribution in [0.4, 0.5) is 0 Å². The minimum absolute atomic E-state index is 0.563. The van der Waals surface area contributed by atoms with Gasteiger partial charge in [-0.25, -0.2) is 4.68 Å². The first-order valence-corrected chi connectivity index (χ1v) is 9.96. The molecule has 0 saturated heterocycles. The second kappa shape index (κ2) is 6.49. The summed E-state index contributed by atoms with van der Waals surface area (Å²) in [6.45, 7) is 0.807. The van der Waals surface area contributed by atoms with Crippen molar-refractivity contribution in [2.75, 3.05) is 7.05 Å². The molecule has 2 aliphatic carbocycles. The standard InChI is InChI=1S/C17H24N4S2/c1-19(13-6-3-2-4-7-13)12-20-17(22)21(14-9-10-14)16(18-20)15-8-5-11-23-15/h5,8,11,13-14H,2-4,6-7,9-10,12H2,1H3. The zero-order valence-electron chi connectivity index (χ0n) is 13.6. The van der Waals surface area contributed by atoms with Gasteiger partial charge in [-0.3, -0.25) is 9.47 Å². The van der Waals surface area contributed by atoms with Gasteiger partial charge in [0.2, 0.25) is 0 Å². The largest absolute Gasteiger partial charge is 0.296 e. The summed E-state index contributed by atoms with van der Waals surface area (Å²) >= 11 is 7.51. The highest BCUT2D eigenvalue weighted by Crippen LogP contribution is 2.39. The lowest BCUT2D eigenvalue weighted by atomic mass is 9.95. The maximum atomic E-state index is 5.76. The van der Waals surface area contributed by atoms with Gasteiger partial charge in [0, 0.05) is 12.1 Å². The number of nitrogens with zero attached hydrogens (tertiary/aromatic N) is 4. The van der Waals surface area contributed by atoms with Gasteiger partial charge in [0.15, 0.2) is 10.6 Å². The molecule has 23 heavy (non-hydrogen) atoms. The van der Waals surface area contributed by atoms with Crippen molar-refractivity contribution in [3.05, 3.63) is 22.3 Å². The molecule has 2 aromatic rings. The van der Waals surface area contributed by atoms with E-state index < -0.39 is 0 Å². The average Bonchev–Trinajstić information content (AvgIpc) is 3.15. The lowest BCUT2D eigenvalue weighted by Crippen LogP contribution is -2.35. The first-order chi connectivity index (χ1) is 11.2. The number of aromatic nitrogens is 3. The quantitative estimate of drug-likeness (QED) is 0.733. The minimum atomic E-state index is 0.563. The summed E-state index contributed by atoms with van der Waals surface area (Å²) in [6, 6.07) is 5.48. The maximum absolute atomic E-state index is 5.76. The summed E-state index contributed by atoms with van der Waals surface area (Å²) in [5.41, 5.74) is 0. The van der Waals surface area contributed by atoms with Crippen molar-refractivity contribution in [2.24, 2.45) is 0 Å². The normalized spacial score (nSPS) is 19.6. The minimum Gasteiger partial charge on any atom is -0.296 e. The second-order valence-corrected chi connectivity index (χ2v) is 8.19. The van der Waals surface area contributed by atoms with E-state index in [1.165, 1.54) is 49.8 Å². The molecule has 0 spiro atoms. The van der Waals surface area contributed by atoms with Crippen molar-refractivity contribution >= 4 is 23.6 Å². The molecule has 0 atom stereocenters. The highest BCUT2D eigenvalue weighted by atomic mass is 32.1. The van der Waals surface area contributed by atoms with Crippen LogP contribution in [0.1, 0.15) is 51.0 Å². The Labute approximate surface area is 146 Å². The summed E-state index contributed by atoms with van der Waals surface area (Å²) in [7, 11) is 2.22. The van der Waals surface area contributed by atoms with Gasteiger partial charge in [-0.1, -0.05) is 25.3 Å². The predicted molar refractivity (Wildman–Crippen MR) is 97.3 cm³/mol. The molecule has 0 aliphatic heterocycles. The lowest BCUT2D eigenvalue weighted by Gasteiger charge is -2.30. The smallest absolute Gasteiger partial charge is 0.199 e. The van der Waals surface area contributed by atoms with E-state index in [0.29, 0.717) is 12.1 Å². The van der Waals surface area contributed by atoms with E-state index in [4.69, 9.17) is 17.3 Å². The van der Waals surface area contributed by atoms with Gasteiger partial charge in [-0.2, -0.15) is 0 Å². The average molecular weight is 349 g/mol. The van der Waals surface area contributed by atoms with Crippen molar-refractivity contribution in [1.29, 1.82) is 0 Å². The zero-order valence-corrected chi connectivity index (χ0v) is 15.3. The molecule has 2 saturated carbocycles. The van der Waals surface area contributed by atoms with Crippen molar-refractivity contribution < 1.29 is 0 Å². The van der Waals surface area contributed by atoms with Crippen LogP contribution in [0.15, 0.2) is 17.5 Å². The van der Waals surface area contributed by atoms with E-state index in [0.717, 1.165) is 17.3 Å². The molecular formula is C17H24N4S2. The third kappa shape index (κ3) is 3.16. The van der Waals surface area contributed by atoms with Gasteiger partial charge in [-0.05, 0) is 56.4 Å². The van der Waals surface area contributed by atoms with Gasteiger partial charge in [0.25, 0.3) is 0 Å². The van der Waals surface area contributed by atoms with Crippen LogP contribution in [-0.4, -0.2) is 32.3 Å². The lowest BCUT2D eigenvalue weighted by molar-refractivity contribution is 0.145. The van der Waals surface area contributed by atoms with Crippen LogP contribution < -0.4 is 0 Å². The van der Waals surface area contributed by atoms with E-state index in [1.807, 2.05) is 4.68 Å². The molecule has 4 nitrogen and oxygen atoms in total. The first kappa shape index (κ1) is 15.5. The molecule has 0 aromatic carbocycles. The number of hydrogen-bond acceptors (Lipinski definition) is 4. The van der Waals surface area contributed by atoms with Crippen molar-refractivity contribution in [3.63, 3.8) is 0 Å². The van der Waals surface area contributed by atoms with Crippen LogP contribution in [0.2, 0.25) is 0 Å². The van der Waals surface area contributed by atoms with Crippen LogP contribution in [0.5, 0.6) is 0 Å². The van der Waals surface area contributed by atoms with Crippen LogP contribution in [0.25, 0.3) is 10.7 Å². The fourth-order valence-corrected chi connectivity index (χ4v) is 4.64. The number of rotatable bonds is 5. The topological polar surface area (TPSA) is 26.0 Å². The second-order valence-electron chi connectivity index (χ2n) is 6.87. The van der Waals surface area contributed by atoms with Gasteiger partial charge in [-0.15, -0.1) is 16.4 Å². The summed E-state index contributed by atoms with van der Waals surface area (Å²) in [5.74, 6) is 1.06. The SMILES string of the molecule is CN(Cn1nc(-c2cccs2)n(C2CC2)c1=S)C1CCCCC1. The van der Waals surface area contributed by atoms with Crippen molar-refractivity contribution in [2.45, 2.75) is 63.7 Å². The van der Waals surface area contributed by atoms with Crippen LogP contribution in [0, 0.1) is 4.77 Å². The third-order valence-corrected chi connectivity index (χ3v) is 6.35. The Morgan fingerprint density at radius 1 is 1.26 bits per heavy atom. The molecule has 0 unspecified atom stereocenters. The van der Waals surface area contributed by atoms with E-state index in [-0.39, 0.29) is 0 Å². The van der Waals surface area contributed by atoms with E-state index in [9.17, 15) is 0 Å². The van der Waals surface area contributed by atoms with Crippen molar-refractivity contribution in [1.82, 2.24) is 19.2 Å². The highest BCUT2D eigenvalue weighted by molar-refractivity contribution is 7.71. The zero-order chi connectivity index (χ0) is 15.8. The van der Waals surface area contributed by atoms with Crippen LogP contribution in [0.3, 0.4) is 0 Å². The summed E-state index contributed by atoms with van der Waals surface area (Å²) < 4.78 is 5.21. The molecule has 2 fully saturated rings. The van der Waals surface area contributed by atoms with E-state index in [2.05, 4.69) is 34.0 Å². The fraction of sp³-hybridized carbons (Fsp3) is 0.647. The Morgan fingerprint density at radius 2 is 2.04 bits per heavy atom. The Balaban J connectivity index is 1.61. The molecule has 2 aliphatic rings. The molecule has 4 rings (SSSR count). The van der Waals surface area contributed by atoms with E-state index >= 15 is 0 Å². The van der Waals surface area contributed by atoms with Gasteiger partial charge < -0.3 is 0 Å². The summed E-state index contributed by atoms with van der Waals surface area (Å²) in [5, 5.41) is 7.01. The number of hydrogen-bond donors (Lipinski definition) is 0. The van der Waals surface area contributed by atoms with Crippen molar-refractivity contribution in [3.8, 4) is 10.7 Å². The van der Waals surface area contributed by atoms with Gasteiger partial charge in [0.05, 0.1) is 11.5 Å². The third-order valence-electron chi connectivity index (χ3n) is 5.08. The molecular weight excluding hydrogens is 324 g/mol. The molecule has 0 N–H and O–H groups in total. The van der Waals surface area contributed by atoms with E-state index in [1.54, 1.807) is 11.3 Å². The molecule has 6 heteroatoms. The first-order valence-electron chi connectivity index (χ1n) is 8.67. The Bertz CT molecular complexity index is 706. The van der Waals surface area contributed by atoms with Crippen LogP contribution in [-0.2, 0) is 6.67 Å². The Hall–Kier alpha value is -0.980. The molecule has 124 valence electrons. The van der Waals surface area contributed by atoms with Gasteiger partial charge >= 0.3 is 0 Å². The fourth-order valence-electron chi connectivity index (χ4n) is 3.60. The molecule has 0 bridgehead atoms. The number of thiophene rings is 1. The van der Waals surface area contributed by atoms with Gasteiger partial charge in [0.1, 0.15) is 0 Å². The monoisotopic (exact) mass is 348 g/mol.